The minimum absolute atomic E-state index is 0.141. The maximum Gasteiger partial charge on any atom is 0.261 e. The highest BCUT2D eigenvalue weighted by atomic mass is 16.5. The van der Waals surface area contributed by atoms with Gasteiger partial charge in [0, 0.05) is 19.6 Å². The molecule has 0 spiro atoms. The molecule has 1 aromatic rings. The van der Waals surface area contributed by atoms with Gasteiger partial charge in [-0.2, -0.15) is 0 Å². The summed E-state index contributed by atoms with van der Waals surface area (Å²) in [4.78, 5) is 25.9. The number of benzene rings is 1. The van der Waals surface area contributed by atoms with Crippen LogP contribution in [0.2, 0.25) is 0 Å². The second-order valence-electron chi connectivity index (χ2n) is 6.56. The molecule has 2 amide bonds. The summed E-state index contributed by atoms with van der Waals surface area (Å²) in [6.45, 7) is 3.29. The van der Waals surface area contributed by atoms with Gasteiger partial charge in [-0.05, 0) is 25.0 Å². The molecule has 0 saturated carbocycles. The monoisotopic (exact) mass is 330 g/mol. The van der Waals surface area contributed by atoms with E-state index in [9.17, 15) is 9.59 Å². The second kappa shape index (κ2) is 8.40. The van der Waals surface area contributed by atoms with Crippen LogP contribution in [0.4, 0.5) is 0 Å². The minimum atomic E-state index is -0.141. The normalized spacial score (nSPS) is 20.5. The highest BCUT2D eigenvalue weighted by molar-refractivity contribution is 6.21. The molecule has 1 atom stereocenters. The zero-order valence-corrected chi connectivity index (χ0v) is 14.1. The number of rotatable bonds is 8. The first kappa shape index (κ1) is 17.1. The Balaban J connectivity index is 1.30. The number of imide groups is 1. The Morgan fingerprint density at radius 2 is 1.67 bits per heavy atom. The van der Waals surface area contributed by atoms with E-state index < -0.39 is 0 Å². The molecule has 0 bridgehead atoms. The van der Waals surface area contributed by atoms with E-state index in [1.807, 2.05) is 0 Å². The Kier molecular flexibility index (Phi) is 5.99. The molecule has 24 heavy (non-hydrogen) atoms. The topological polar surface area (TPSA) is 58.6 Å². The van der Waals surface area contributed by atoms with E-state index in [0.29, 0.717) is 23.8 Å². The first-order valence-corrected chi connectivity index (χ1v) is 9.05. The number of nitrogens with zero attached hydrogens (tertiary/aromatic N) is 1. The summed E-state index contributed by atoms with van der Waals surface area (Å²) in [6.07, 6.45) is 6.93. The van der Waals surface area contributed by atoms with E-state index >= 15 is 0 Å². The van der Waals surface area contributed by atoms with E-state index in [4.69, 9.17) is 4.74 Å². The fourth-order valence-corrected chi connectivity index (χ4v) is 3.42. The fraction of sp³-hybridized carbons (Fsp3) is 0.579. The highest BCUT2D eigenvalue weighted by Gasteiger charge is 2.34. The molecule has 2 heterocycles. The number of carbonyl (C=O) groups excluding carboxylic acids is 2. The summed E-state index contributed by atoms with van der Waals surface area (Å²) >= 11 is 0. The van der Waals surface area contributed by atoms with Crippen molar-refractivity contribution < 1.29 is 14.3 Å². The summed E-state index contributed by atoms with van der Waals surface area (Å²) in [5.74, 6) is -0.282. The van der Waals surface area contributed by atoms with Crippen LogP contribution in [0.15, 0.2) is 24.3 Å². The average Bonchev–Trinajstić information content (AvgIpc) is 2.87. The lowest BCUT2D eigenvalue weighted by Crippen LogP contribution is -2.38. The third kappa shape index (κ3) is 4.02. The van der Waals surface area contributed by atoms with Gasteiger partial charge >= 0.3 is 0 Å². The fourth-order valence-electron chi connectivity index (χ4n) is 3.42. The van der Waals surface area contributed by atoms with Crippen LogP contribution in [0.1, 0.15) is 59.2 Å². The van der Waals surface area contributed by atoms with Gasteiger partial charge in [-0.3, -0.25) is 14.5 Å². The molecule has 130 valence electrons. The number of fused-ring (bicyclic) bond motifs is 1. The molecule has 5 heteroatoms. The third-order valence-electron chi connectivity index (χ3n) is 4.79. The van der Waals surface area contributed by atoms with Crippen molar-refractivity contribution in [3.05, 3.63) is 35.4 Å². The van der Waals surface area contributed by atoms with Gasteiger partial charge in [-0.25, -0.2) is 0 Å². The lowest BCUT2D eigenvalue weighted by atomic mass is 10.1. The van der Waals surface area contributed by atoms with Crippen LogP contribution in [0.25, 0.3) is 0 Å². The zero-order chi connectivity index (χ0) is 16.8. The molecule has 1 unspecified atom stereocenters. The van der Waals surface area contributed by atoms with Crippen molar-refractivity contribution in [2.24, 2.45) is 0 Å². The number of hydrogen-bond donors (Lipinski definition) is 1. The molecule has 0 aromatic heterocycles. The van der Waals surface area contributed by atoms with Crippen molar-refractivity contribution in [1.29, 1.82) is 0 Å². The molecule has 2 aliphatic heterocycles. The highest BCUT2D eigenvalue weighted by Crippen LogP contribution is 2.23. The smallest absolute Gasteiger partial charge is 0.261 e. The van der Waals surface area contributed by atoms with Crippen LogP contribution in [0.3, 0.4) is 0 Å². The van der Waals surface area contributed by atoms with Gasteiger partial charge in [0.2, 0.25) is 0 Å². The molecule has 5 nitrogen and oxygen atoms in total. The van der Waals surface area contributed by atoms with Crippen molar-refractivity contribution in [2.75, 3.05) is 26.2 Å². The summed E-state index contributed by atoms with van der Waals surface area (Å²) in [7, 11) is 0. The molecule has 0 radical (unpaired) electrons. The second-order valence-corrected chi connectivity index (χ2v) is 6.56. The van der Waals surface area contributed by atoms with Crippen molar-refractivity contribution in [2.45, 2.75) is 44.6 Å². The van der Waals surface area contributed by atoms with Gasteiger partial charge in [-0.15, -0.1) is 0 Å². The predicted molar refractivity (Wildman–Crippen MR) is 92.1 cm³/mol. The van der Waals surface area contributed by atoms with Crippen LogP contribution >= 0.6 is 0 Å². The van der Waals surface area contributed by atoms with Gasteiger partial charge in [0.05, 0.1) is 23.8 Å². The maximum absolute atomic E-state index is 12.2. The third-order valence-corrected chi connectivity index (χ3v) is 4.79. The van der Waals surface area contributed by atoms with Crippen LogP contribution < -0.4 is 5.32 Å². The number of morpholine rings is 1. The van der Waals surface area contributed by atoms with Crippen LogP contribution in [0, 0.1) is 0 Å². The number of hydrogen-bond acceptors (Lipinski definition) is 4. The number of amides is 2. The summed E-state index contributed by atoms with van der Waals surface area (Å²) < 4.78 is 5.68. The summed E-state index contributed by atoms with van der Waals surface area (Å²) in [5.41, 5.74) is 1.09. The molecule has 1 fully saturated rings. The Labute approximate surface area is 143 Å². The molecule has 2 aliphatic rings. The Bertz CT molecular complexity index is 547. The standard InChI is InChI=1S/C19H26N2O3/c22-18-16-9-5-6-10-17(16)19(23)21(18)12-7-3-1-2-4-8-15-14-20-11-13-24-15/h5-6,9-10,15,20H,1-4,7-8,11-14H2. The molecular formula is C19H26N2O3. The lowest BCUT2D eigenvalue weighted by molar-refractivity contribution is 0.0220. The zero-order valence-electron chi connectivity index (χ0n) is 14.1. The van der Waals surface area contributed by atoms with Gasteiger partial charge < -0.3 is 10.1 Å². The van der Waals surface area contributed by atoms with Crippen molar-refractivity contribution in [3.63, 3.8) is 0 Å². The number of carbonyl (C=O) groups is 2. The van der Waals surface area contributed by atoms with E-state index in [1.54, 1.807) is 24.3 Å². The maximum atomic E-state index is 12.2. The molecule has 1 N–H and O–H groups in total. The van der Waals surface area contributed by atoms with Crippen LogP contribution in [0.5, 0.6) is 0 Å². The summed E-state index contributed by atoms with van der Waals surface area (Å²) in [5, 5.41) is 3.35. The van der Waals surface area contributed by atoms with Gasteiger partial charge in [0.1, 0.15) is 0 Å². The predicted octanol–water partition coefficient (Wildman–Crippen LogP) is 2.61. The van der Waals surface area contributed by atoms with E-state index in [2.05, 4.69) is 5.32 Å². The number of nitrogens with one attached hydrogen (secondary N) is 1. The van der Waals surface area contributed by atoms with E-state index in [-0.39, 0.29) is 11.8 Å². The number of ether oxygens (including phenoxy) is 1. The largest absolute Gasteiger partial charge is 0.376 e. The summed E-state index contributed by atoms with van der Waals surface area (Å²) in [6, 6.07) is 7.08. The first-order chi connectivity index (χ1) is 11.8. The Morgan fingerprint density at radius 1 is 1.00 bits per heavy atom. The van der Waals surface area contributed by atoms with Gasteiger partial charge in [0.15, 0.2) is 0 Å². The molecule has 1 aromatic carbocycles. The van der Waals surface area contributed by atoms with Crippen LogP contribution in [-0.2, 0) is 4.74 Å². The van der Waals surface area contributed by atoms with Crippen molar-refractivity contribution in [3.8, 4) is 0 Å². The minimum Gasteiger partial charge on any atom is -0.376 e. The molecular weight excluding hydrogens is 304 g/mol. The lowest BCUT2D eigenvalue weighted by Gasteiger charge is -2.23. The van der Waals surface area contributed by atoms with Gasteiger partial charge in [-0.1, -0.05) is 37.8 Å². The van der Waals surface area contributed by atoms with E-state index in [1.165, 1.54) is 17.7 Å². The first-order valence-electron chi connectivity index (χ1n) is 9.05. The molecule has 0 aliphatic carbocycles. The quantitative estimate of drug-likeness (QED) is 0.588. The Morgan fingerprint density at radius 3 is 2.33 bits per heavy atom. The van der Waals surface area contributed by atoms with E-state index in [0.717, 1.165) is 45.4 Å². The van der Waals surface area contributed by atoms with Crippen LogP contribution in [-0.4, -0.2) is 49.1 Å². The molecule has 3 rings (SSSR count). The average molecular weight is 330 g/mol. The Hall–Kier alpha value is -1.72. The molecule has 1 saturated heterocycles. The van der Waals surface area contributed by atoms with Gasteiger partial charge in [0.25, 0.3) is 11.8 Å². The number of unbranched alkanes of at least 4 members (excludes halogenated alkanes) is 4. The van der Waals surface area contributed by atoms with Crippen molar-refractivity contribution in [1.82, 2.24) is 10.2 Å². The van der Waals surface area contributed by atoms with Crippen molar-refractivity contribution >= 4 is 11.8 Å². The SMILES string of the molecule is O=C1c2ccccc2C(=O)N1CCCCCCCC1CNCCO1.